The van der Waals surface area contributed by atoms with Gasteiger partial charge in [-0.05, 0) is 43.5 Å². The molecule has 1 aromatic carbocycles. The third-order valence-electron chi connectivity index (χ3n) is 3.33. The average Bonchev–Trinajstić information content (AvgIpc) is 3.16. The highest BCUT2D eigenvalue weighted by atomic mass is 16.5. The first-order valence-electron chi connectivity index (χ1n) is 6.60. The maximum absolute atomic E-state index is 11.5. The van der Waals surface area contributed by atoms with Crippen LogP contribution in [0, 0.1) is 0 Å². The smallest absolute Gasteiger partial charge is 0.227 e. The summed E-state index contributed by atoms with van der Waals surface area (Å²) in [4.78, 5) is 11.5. The first-order chi connectivity index (χ1) is 8.81. The average molecular weight is 246 g/mol. The van der Waals surface area contributed by atoms with Gasteiger partial charge in [0.1, 0.15) is 5.75 Å². The summed E-state index contributed by atoms with van der Waals surface area (Å²) in [5, 5.41) is 6.38. The zero-order chi connectivity index (χ0) is 12.4. The van der Waals surface area contributed by atoms with Crippen molar-refractivity contribution in [1.29, 1.82) is 0 Å². The number of carbonyl (C=O) groups is 1. The predicted molar refractivity (Wildman–Crippen MR) is 69.9 cm³/mol. The monoisotopic (exact) mass is 246 g/mol. The number of rotatable bonds is 4. The van der Waals surface area contributed by atoms with Gasteiger partial charge in [0.05, 0.1) is 18.7 Å². The molecule has 2 aliphatic rings. The van der Waals surface area contributed by atoms with E-state index in [1.54, 1.807) is 0 Å². The minimum Gasteiger partial charge on any atom is -0.491 e. The van der Waals surface area contributed by atoms with Gasteiger partial charge in [-0.1, -0.05) is 6.07 Å². The lowest BCUT2D eigenvalue weighted by molar-refractivity contribution is -0.116. The van der Waals surface area contributed by atoms with Crippen LogP contribution in [0.5, 0.6) is 5.75 Å². The first kappa shape index (κ1) is 11.5. The van der Waals surface area contributed by atoms with Crippen LogP contribution >= 0.6 is 0 Å². The molecule has 1 saturated carbocycles. The molecule has 1 amide bonds. The molecule has 1 heterocycles. The molecule has 1 fully saturated rings. The number of hydrogen-bond acceptors (Lipinski definition) is 3. The van der Waals surface area contributed by atoms with E-state index in [4.69, 9.17) is 4.74 Å². The van der Waals surface area contributed by atoms with Gasteiger partial charge < -0.3 is 15.4 Å². The van der Waals surface area contributed by atoms with Crippen molar-refractivity contribution in [2.24, 2.45) is 0 Å². The van der Waals surface area contributed by atoms with E-state index in [0.717, 1.165) is 30.4 Å². The van der Waals surface area contributed by atoms with E-state index in [1.165, 1.54) is 18.4 Å². The Kier molecular flexibility index (Phi) is 3.19. The lowest BCUT2D eigenvalue weighted by atomic mass is 10.1. The third kappa shape index (κ3) is 2.82. The van der Waals surface area contributed by atoms with Gasteiger partial charge in [-0.2, -0.15) is 0 Å². The van der Waals surface area contributed by atoms with E-state index in [-0.39, 0.29) is 5.91 Å². The minimum atomic E-state index is 0.0296. The number of carbonyl (C=O) groups excluding carboxylic acids is 1. The van der Waals surface area contributed by atoms with Crippen LogP contribution in [0.25, 0.3) is 0 Å². The normalized spacial score (nSPS) is 18.6. The fraction of sp³-hybridized carbons (Fsp3) is 0.500. The molecular formula is C14H18N2O2. The number of anilines is 1. The Morgan fingerprint density at radius 3 is 3.11 bits per heavy atom. The summed E-state index contributed by atoms with van der Waals surface area (Å²) in [6.45, 7) is 1.46. The maximum Gasteiger partial charge on any atom is 0.227 e. The van der Waals surface area contributed by atoms with Crippen LogP contribution < -0.4 is 15.4 Å². The van der Waals surface area contributed by atoms with E-state index < -0.39 is 0 Å². The Morgan fingerprint density at radius 1 is 1.39 bits per heavy atom. The topological polar surface area (TPSA) is 50.4 Å². The Balaban J connectivity index is 1.66. The molecule has 4 nitrogen and oxygen atoms in total. The van der Waals surface area contributed by atoms with Gasteiger partial charge in [-0.3, -0.25) is 4.79 Å². The quantitative estimate of drug-likeness (QED) is 0.850. The van der Waals surface area contributed by atoms with Crippen molar-refractivity contribution in [3.05, 3.63) is 23.8 Å². The van der Waals surface area contributed by atoms with Crippen LogP contribution in [0.15, 0.2) is 18.2 Å². The second-order valence-corrected chi connectivity index (χ2v) is 4.96. The van der Waals surface area contributed by atoms with Gasteiger partial charge >= 0.3 is 0 Å². The number of amides is 1. The lowest BCUT2D eigenvalue weighted by Gasteiger charge is -2.09. The molecular weight excluding hydrogens is 228 g/mol. The second kappa shape index (κ2) is 4.98. The summed E-state index contributed by atoms with van der Waals surface area (Å²) in [6, 6.07) is 6.79. The molecule has 1 aliphatic carbocycles. The van der Waals surface area contributed by atoms with Crippen molar-refractivity contribution in [3.63, 3.8) is 0 Å². The van der Waals surface area contributed by atoms with Crippen molar-refractivity contribution in [3.8, 4) is 5.75 Å². The molecule has 1 aliphatic heterocycles. The molecule has 0 atom stereocenters. The number of hydrogen-bond donors (Lipinski definition) is 2. The molecule has 96 valence electrons. The molecule has 0 radical (unpaired) electrons. The van der Waals surface area contributed by atoms with Gasteiger partial charge in [0, 0.05) is 6.04 Å². The summed E-state index contributed by atoms with van der Waals surface area (Å²) in [7, 11) is 0. The third-order valence-corrected chi connectivity index (χ3v) is 3.33. The SMILES string of the molecule is O=C1CCOc2ccc(CCNC3CC3)cc2N1. The number of nitrogens with one attached hydrogen (secondary N) is 2. The highest BCUT2D eigenvalue weighted by Crippen LogP contribution is 2.28. The van der Waals surface area contributed by atoms with Crippen molar-refractivity contribution in [2.45, 2.75) is 31.7 Å². The van der Waals surface area contributed by atoms with E-state index in [9.17, 15) is 4.79 Å². The van der Waals surface area contributed by atoms with E-state index in [1.807, 2.05) is 12.1 Å². The molecule has 2 N–H and O–H groups in total. The van der Waals surface area contributed by atoms with E-state index in [0.29, 0.717) is 13.0 Å². The van der Waals surface area contributed by atoms with Crippen LogP contribution in [0.1, 0.15) is 24.8 Å². The summed E-state index contributed by atoms with van der Waals surface area (Å²) < 4.78 is 5.53. The first-order valence-corrected chi connectivity index (χ1v) is 6.60. The summed E-state index contributed by atoms with van der Waals surface area (Å²) in [6.07, 6.45) is 4.04. The molecule has 18 heavy (non-hydrogen) atoms. The van der Waals surface area contributed by atoms with E-state index >= 15 is 0 Å². The van der Waals surface area contributed by atoms with Crippen molar-refractivity contribution in [1.82, 2.24) is 5.32 Å². The molecule has 0 bridgehead atoms. The molecule has 0 saturated heterocycles. The van der Waals surface area contributed by atoms with Crippen LogP contribution in [-0.4, -0.2) is 25.1 Å². The standard InChI is InChI=1S/C14H18N2O2/c17-14-6-8-18-13-4-1-10(9-12(13)16-14)5-7-15-11-2-3-11/h1,4,9,11,15H,2-3,5-8H2,(H,16,17). The Labute approximate surface area is 107 Å². The van der Waals surface area contributed by atoms with Gasteiger partial charge in [-0.25, -0.2) is 0 Å². The second-order valence-electron chi connectivity index (χ2n) is 4.96. The highest BCUT2D eigenvalue weighted by molar-refractivity contribution is 5.93. The maximum atomic E-state index is 11.5. The van der Waals surface area contributed by atoms with E-state index in [2.05, 4.69) is 16.7 Å². The predicted octanol–water partition coefficient (Wildman–Crippen LogP) is 1.70. The molecule has 0 aromatic heterocycles. The summed E-state index contributed by atoms with van der Waals surface area (Å²) in [5.74, 6) is 0.807. The zero-order valence-corrected chi connectivity index (χ0v) is 10.4. The molecule has 0 spiro atoms. The minimum absolute atomic E-state index is 0.0296. The molecule has 3 rings (SSSR count). The van der Waals surface area contributed by atoms with Crippen LogP contribution in [-0.2, 0) is 11.2 Å². The van der Waals surface area contributed by atoms with Crippen molar-refractivity contribution in [2.75, 3.05) is 18.5 Å². The fourth-order valence-corrected chi connectivity index (χ4v) is 2.13. The van der Waals surface area contributed by atoms with Crippen LogP contribution in [0.4, 0.5) is 5.69 Å². The van der Waals surface area contributed by atoms with Gasteiger partial charge in [0.2, 0.25) is 5.91 Å². The summed E-state index contributed by atoms with van der Waals surface area (Å²) in [5.41, 5.74) is 2.04. The highest BCUT2D eigenvalue weighted by Gasteiger charge is 2.19. The lowest BCUT2D eigenvalue weighted by Crippen LogP contribution is -2.19. The Hall–Kier alpha value is -1.55. The largest absolute Gasteiger partial charge is 0.491 e. The fourth-order valence-electron chi connectivity index (χ4n) is 2.13. The van der Waals surface area contributed by atoms with Gasteiger partial charge in [-0.15, -0.1) is 0 Å². The number of ether oxygens (including phenoxy) is 1. The summed E-state index contributed by atoms with van der Waals surface area (Å²) >= 11 is 0. The Bertz CT molecular complexity index is 455. The van der Waals surface area contributed by atoms with Crippen molar-refractivity contribution >= 4 is 11.6 Å². The molecule has 1 aromatic rings. The molecule has 0 unspecified atom stereocenters. The number of benzene rings is 1. The van der Waals surface area contributed by atoms with Crippen LogP contribution in [0.3, 0.4) is 0 Å². The van der Waals surface area contributed by atoms with Crippen molar-refractivity contribution < 1.29 is 9.53 Å². The zero-order valence-electron chi connectivity index (χ0n) is 10.4. The number of fused-ring (bicyclic) bond motifs is 1. The van der Waals surface area contributed by atoms with Gasteiger partial charge in [0.25, 0.3) is 0 Å². The van der Waals surface area contributed by atoms with Crippen LogP contribution in [0.2, 0.25) is 0 Å². The van der Waals surface area contributed by atoms with Gasteiger partial charge in [0.15, 0.2) is 0 Å². The Morgan fingerprint density at radius 2 is 2.28 bits per heavy atom. The molecule has 4 heteroatoms.